The summed E-state index contributed by atoms with van der Waals surface area (Å²) in [5.41, 5.74) is 9.15. The average Bonchev–Trinajstić information content (AvgIpc) is 2.42. The van der Waals surface area contributed by atoms with Gasteiger partial charge in [-0.2, -0.15) is 5.26 Å². The molecular formula is C11H12N4. The third-order valence-electron chi connectivity index (χ3n) is 2.76. The van der Waals surface area contributed by atoms with Crippen LogP contribution < -0.4 is 5.73 Å². The molecule has 76 valence electrons. The summed E-state index contributed by atoms with van der Waals surface area (Å²) in [6.07, 6.45) is 0. The predicted octanol–water partition coefficient (Wildman–Crippen LogP) is 1.64. The summed E-state index contributed by atoms with van der Waals surface area (Å²) in [5, 5.41) is 9.85. The van der Waals surface area contributed by atoms with E-state index in [-0.39, 0.29) is 0 Å². The number of hydrogen-bond acceptors (Lipinski definition) is 3. The average molecular weight is 200 g/mol. The largest absolute Gasteiger partial charge is 0.384 e. The number of pyridine rings is 1. The lowest BCUT2D eigenvalue weighted by atomic mass is 10.1. The van der Waals surface area contributed by atoms with Crippen LogP contribution in [0.3, 0.4) is 0 Å². The number of anilines is 1. The van der Waals surface area contributed by atoms with Gasteiger partial charge >= 0.3 is 0 Å². The maximum Gasteiger partial charge on any atom is 0.142 e. The molecule has 0 atom stereocenters. The summed E-state index contributed by atoms with van der Waals surface area (Å²) >= 11 is 0. The van der Waals surface area contributed by atoms with Crippen molar-refractivity contribution in [3.63, 3.8) is 0 Å². The van der Waals surface area contributed by atoms with Gasteiger partial charge in [-0.1, -0.05) is 0 Å². The van der Waals surface area contributed by atoms with Gasteiger partial charge in [-0.05, 0) is 25.5 Å². The number of aryl methyl sites for hydroxylation is 3. The fraction of sp³-hybridized carbons (Fsp3) is 0.273. The second-order valence-corrected chi connectivity index (χ2v) is 3.69. The van der Waals surface area contributed by atoms with Gasteiger partial charge in [-0.15, -0.1) is 0 Å². The molecule has 0 saturated carbocycles. The van der Waals surface area contributed by atoms with Crippen molar-refractivity contribution in [2.24, 2.45) is 7.05 Å². The van der Waals surface area contributed by atoms with Crippen molar-refractivity contribution in [2.75, 3.05) is 5.73 Å². The summed E-state index contributed by atoms with van der Waals surface area (Å²) in [7, 11) is 1.82. The third kappa shape index (κ3) is 1.17. The van der Waals surface area contributed by atoms with Gasteiger partial charge < -0.3 is 10.3 Å². The van der Waals surface area contributed by atoms with Gasteiger partial charge in [0.25, 0.3) is 0 Å². The molecule has 0 aromatic carbocycles. The highest BCUT2D eigenvalue weighted by atomic mass is 15.1. The van der Waals surface area contributed by atoms with Crippen molar-refractivity contribution in [1.29, 1.82) is 5.26 Å². The van der Waals surface area contributed by atoms with Crippen molar-refractivity contribution >= 4 is 16.9 Å². The van der Waals surface area contributed by atoms with Crippen LogP contribution in [0.2, 0.25) is 0 Å². The quantitative estimate of drug-likeness (QED) is 0.703. The van der Waals surface area contributed by atoms with E-state index in [0.717, 1.165) is 22.3 Å². The lowest BCUT2D eigenvalue weighted by Crippen LogP contribution is -1.98. The van der Waals surface area contributed by atoms with E-state index in [1.807, 2.05) is 27.0 Å². The molecule has 2 aromatic rings. The topological polar surface area (TPSA) is 67.6 Å². The Morgan fingerprint density at radius 1 is 1.47 bits per heavy atom. The molecule has 0 radical (unpaired) electrons. The summed E-state index contributed by atoms with van der Waals surface area (Å²) < 4.78 is 1.75. The SMILES string of the molecule is Cc1cc2c(C#N)c(N)n(C)c2nc1C. The Morgan fingerprint density at radius 2 is 2.13 bits per heavy atom. The lowest BCUT2D eigenvalue weighted by Gasteiger charge is -2.00. The molecule has 2 rings (SSSR count). The molecule has 0 spiro atoms. The predicted molar refractivity (Wildman–Crippen MR) is 59.3 cm³/mol. The monoisotopic (exact) mass is 200 g/mol. The van der Waals surface area contributed by atoms with Gasteiger partial charge in [0.05, 0.1) is 0 Å². The van der Waals surface area contributed by atoms with Crippen LogP contribution in [0.4, 0.5) is 5.82 Å². The van der Waals surface area contributed by atoms with E-state index >= 15 is 0 Å². The summed E-state index contributed by atoms with van der Waals surface area (Å²) in [5.74, 6) is 0.477. The summed E-state index contributed by atoms with van der Waals surface area (Å²) in [6.45, 7) is 3.93. The zero-order chi connectivity index (χ0) is 11.2. The van der Waals surface area contributed by atoms with Gasteiger partial charge in [0.2, 0.25) is 0 Å². The number of rotatable bonds is 0. The number of hydrogen-bond donors (Lipinski definition) is 1. The van der Waals surface area contributed by atoms with Crippen LogP contribution in [0.5, 0.6) is 0 Å². The minimum atomic E-state index is 0.477. The van der Waals surface area contributed by atoms with Crippen LogP contribution in [0, 0.1) is 25.2 Å². The van der Waals surface area contributed by atoms with Gasteiger partial charge in [0.1, 0.15) is 23.1 Å². The Hall–Kier alpha value is -2.02. The molecule has 0 aliphatic carbocycles. The third-order valence-corrected chi connectivity index (χ3v) is 2.76. The molecule has 4 heteroatoms. The molecule has 2 heterocycles. The molecule has 4 nitrogen and oxygen atoms in total. The first kappa shape index (κ1) is 9.53. The fourth-order valence-corrected chi connectivity index (χ4v) is 1.67. The first-order valence-electron chi connectivity index (χ1n) is 4.68. The number of fused-ring (bicyclic) bond motifs is 1. The maximum atomic E-state index is 9.02. The van der Waals surface area contributed by atoms with Crippen molar-refractivity contribution in [1.82, 2.24) is 9.55 Å². The second-order valence-electron chi connectivity index (χ2n) is 3.69. The number of nitriles is 1. The maximum absolute atomic E-state index is 9.02. The molecular weight excluding hydrogens is 188 g/mol. The molecule has 0 bridgehead atoms. The van der Waals surface area contributed by atoms with E-state index in [2.05, 4.69) is 11.1 Å². The van der Waals surface area contributed by atoms with Crippen LogP contribution in [0.25, 0.3) is 11.0 Å². The zero-order valence-corrected chi connectivity index (χ0v) is 9.00. The zero-order valence-electron chi connectivity index (χ0n) is 9.00. The molecule has 0 aliphatic heterocycles. The normalized spacial score (nSPS) is 10.5. The van der Waals surface area contributed by atoms with Crippen LogP contribution in [-0.2, 0) is 7.05 Å². The molecule has 0 aliphatic rings. The Labute approximate surface area is 87.9 Å². The minimum Gasteiger partial charge on any atom is -0.384 e. The highest BCUT2D eigenvalue weighted by Gasteiger charge is 2.14. The van der Waals surface area contributed by atoms with Gasteiger partial charge in [0, 0.05) is 18.1 Å². The first-order valence-corrected chi connectivity index (χ1v) is 4.68. The van der Waals surface area contributed by atoms with Gasteiger partial charge in [-0.3, -0.25) is 0 Å². The van der Waals surface area contributed by atoms with E-state index in [4.69, 9.17) is 11.0 Å². The molecule has 15 heavy (non-hydrogen) atoms. The van der Waals surface area contributed by atoms with Crippen molar-refractivity contribution in [2.45, 2.75) is 13.8 Å². The summed E-state index contributed by atoms with van der Waals surface area (Å²) in [4.78, 5) is 4.44. The Morgan fingerprint density at radius 3 is 2.73 bits per heavy atom. The van der Waals surface area contributed by atoms with Gasteiger partial charge in [-0.25, -0.2) is 4.98 Å². The highest BCUT2D eigenvalue weighted by Crippen LogP contribution is 2.26. The number of nitrogens with zero attached hydrogens (tertiary/aromatic N) is 3. The first-order chi connectivity index (χ1) is 7.06. The summed E-state index contributed by atoms with van der Waals surface area (Å²) in [6, 6.07) is 4.08. The minimum absolute atomic E-state index is 0.477. The van der Waals surface area contributed by atoms with Crippen LogP contribution in [-0.4, -0.2) is 9.55 Å². The molecule has 2 aromatic heterocycles. The van der Waals surface area contributed by atoms with E-state index in [1.54, 1.807) is 4.57 Å². The molecule has 0 amide bonds. The number of nitrogen functional groups attached to an aromatic ring is 1. The van der Waals surface area contributed by atoms with E-state index in [9.17, 15) is 0 Å². The second kappa shape index (κ2) is 2.99. The molecule has 0 fully saturated rings. The Kier molecular flexibility index (Phi) is 1.90. The number of nitrogens with two attached hydrogens (primary N) is 1. The van der Waals surface area contributed by atoms with E-state index in [0.29, 0.717) is 11.4 Å². The van der Waals surface area contributed by atoms with E-state index < -0.39 is 0 Å². The van der Waals surface area contributed by atoms with Crippen LogP contribution in [0.1, 0.15) is 16.8 Å². The van der Waals surface area contributed by atoms with Crippen LogP contribution >= 0.6 is 0 Å². The lowest BCUT2D eigenvalue weighted by molar-refractivity contribution is 0.952. The Bertz CT molecular complexity index is 587. The smallest absolute Gasteiger partial charge is 0.142 e. The van der Waals surface area contributed by atoms with Crippen molar-refractivity contribution in [3.05, 3.63) is 22.9 Å². The molecule has 0 unspecified atom stereocenters. The molecule has 0 saturated heterocycles. The van der Waals surface area contributed by atoms with Crippen molar-refractivity contribution < 1.29 is 0 Å². The standard InChI is InChI=1S/C11H12N4/c1-6-4-8-9(5-12)10(13)15(3)11(8)14-7(6)2/h4H,13H2,1-3H3. The highest BCUT2D eigenvalue weighted by molar-refractivity contribution is 5.90. The van der Waals surface area contributed by atoms with Crippen LogP contribution in [0.15, 0.2) is 6.07 Å². The fourth-order valence-electron chi connectivity index (χ4n) is 1.67. The van der Waals surface area contributed by atoms with Gasteiger partial charge in [0.15, 0.2) is 0 Å². The number of aromatic nitrogens is 2. The van der Waals surface area contributed by atoms with E-state index in [1.165, 1.54) is 0 Å². The molecule has 2 N–H and O–H groups in total. The Balaban J connectivity index is 3.00. The van der Waals surface area contributed by atoms with Crippen molar-refractivity contribution in [3.8, 4) is 6.07 Å².